The molecule has 3 N–H and O–H groups in total. The Labute approximate surface area is 120 Å². The summed E-state index contributed by atoms with van der Waals surface area (Å²) in [6, 6.07) is 5.34. The quantitative estimate of drug-likeness (QED) is 0.671. The van der Waals surface area contributed by atoms with Crippen LogP contribution in [0.5, 0.6) is 11.5 Å². The predicted octanol–water partition coefficient (Wildman–Crippen LogP) is 1.32. The van der Waals surface area contributed by atoms with Crippen LogP contribution in [0.4, 0.5) is 0 Å². The van der Waals surface area contributed by atoms with E-state index < -0.39 is 0 Å². The smallest absolute Gasteiger partial charge is 0.161 e. The van der Waals surface area contributed by atoms with E-state index >= 15 is 0 Å². The molecule has 0 aliphatic carbocycles. The molecule has 0 fully saturated rings. The largest absolute Gasteiger partial charge is 0.493 e. The zero-order chi connectivity index (χ0) is 15.2. The van der Waals surface area contributed by atoms with Crippen molar-refractivity contribution in [2.45, 2.75) is 38.5 Å². The minimum Gasteiger partial charge on any atom is -0.493 e. The Morgan fingerprint density at radius 2 is 2.00 bits per heavy atom. The van der Waals surface area contributed by atoms with Crippen LogP contribution in [0.3, 0.4) is 0 Å². The fourth-order valence-electron chi connectivity index (χ4n) is 2.05. The molecule has 0 aromatic heterocycles. The highest BCUT2D eigenvalue weighted by atomic mass is 16.5. The first-order valence-electron chi connectivity index (χ1n) is 6.72. The second kappa shape index (κ2) is 7.47. The fraction of sp³-hybridized carbons (Fsp3) is 0.600. The van der Waals surface area contributed by atoms with Crippen molar-refractivity contribution < 1.29 is 19.7 Å². The van der Waals surface area contributed by atoms with Gasteiger partial charge in [0.15, 0.2) is 11.5 Å². The van der Waals surface area contributed by atoms with Crippen LogP contribution < -0.4 is 14.8 Å². The maximum absolute atomic E-state index is 9.40. The third-order valence-corrected chi connectivity index (χ3v) is 3.43. The van der Waals surface area contributed by atoms with E-state index in [4.69, 9.17) is 14.6 Å². The first-order chi connectivity index (χ1) is 9.47. The van der Waals surface area contributed by atoms with E-state index in [1.54, 1.807) is 25.3 Å². The highest BCUT2D eigenvalue weighted by Crippen LogP contribution is 2.30. The van der Waals surface area contributed by atoms with Gasteiger partial charge in [0.1, 0.15) is 0 Å². The van der Waals surface area contributed by atoms with Crippen LogP contribution in [0.15, 0.2) is 18.2 Å². The minimum absolute atomic E-state index is 0.0332. The summed E-state index contributed by atoms with van der Waals surface area (Å²) in [5.41, 5.74) is 0.398. The van der Waals surface area contributed by atoms with Gasteiger partial charge in [-0.15, -0.1) is 0 Å². The first-order valence-corrected chi connectivity index (χ1v) is 6.72. The van der Waals surface area contributed by atoms with Crippen molar-refractivity contribution >= 4 is 0 Å². The molecular weight excluding hydrogens is 258 g/mol. The number of rotatable bonds is 8. The zero-order valence-electron chi connectivity index (χ0n) is 12.6. The van der Waals surface area contributed by atoms with Gasteiger partial charge in [0, 0.05) is 12.0 Å². The average Bonchev–Trinajstić information content (AvgIpc) is 2.47. The number of likely N-dealkylation sites (N-methyl/N-ethyl adjacent to an activating group) is 1. The molecule has 2 unspecified atom stereocenters. The van der Waals surface area contributed by atoms with E-state index in [0.29, 0.717) is 17.9 Å². The lowest BCUT2D eigenvalue weighted by molar-refractivity contribution is 0.113. The van der Waals surface area contributed by atoms with E-state index in [2.05, 4.69) is 5.32 Å². The lowest BCUT2D eigenvalue weighted by Gasteiger charge is -2.30. The minimum atomic E-state index is -0.377. The SMILES string of the molecule is CNC(C)(CO)CC(C)Oc1ccc(CO)cc1OC. The van der Waals surface area contributed by atoms with Crippen molar-refractivity contribution in [2.24, 2.45) is 0 Å². The first kappa shape index (κ1) is 16.8. The Morgan fingerprint density at radius 1 is 1.30 bits per heavy atom. The van der Waals surface area contributed by atoms with Gasteiger partial charge in [0.05, 0.1) is 26.4 Å². The fourth-order valence-corrected chi connectivity index (χ4v) is 2.05. The van der Waals surface area contributed by atoms with Crippen LogP contribution in [0, 0.1) is 0 Å². The summed E-state index contributed by atoms with van der Waals surface area (Å²) < 4.78 is 11.1. The Bertz CT molecular complexity index is 418. The van der Waals surface area contributed by atoms with Crippen molar-refractivity contribution in [2.75, 3.05) is 20.8 Å². The Kier molecular flexibility index (Phi) is 6.26. The van der Waals surface area contributed by atoms with Crippen molar-refractivity contribution in [1.82, 2.24) is 5.32 Å². The van der Waals surface area contributed by atoms with Gasteiger partial charge in [-0.25, -0.2) is 0 Å². The summed E-state index contributed by atoms with van der Waals surface area (Å²) >= 11 is 0. The van der Waals surface area contributed by atoms with Crippen LogP contribution >= 0.6 is 0 Å². The molecule has 0 saturated carbocycles. The van der Waals surface area contributed by atoms with Crippen molar-refractivity contribution in [3.63, 3.8) is 0 Å². The molecule has 0 aliphatic rings. The molecule has 114 valence electrons. The number of hydrogen-bond donors (Lipinski definition) is 3. The van der Waals surface area contributed by atoms with E-state index in [1.807, 2.05) is 20.9 Å². The Morgan fingerprint density at radius 3 is 2.50 bits per heavy atom. The van der Waals surface area contributed by atoms with Gasteiger partial charge in [0.2, 0.25) is 0 Å². The normalized spacial score (nSPS) is 15.5. The third-order valence-electron chi connectivity index (χ3n) is 3.43. The van der Waals surface area contributed by atoms with Gasteiger partial charge >= 0.3 is 0 Å². The molecule has 0 bridgehead atoms. The standard InChI is InChI=1S/C15H25NO4/c1-11(8-15(2,10-18)16-3)20-13-6-5-12(9-17)7-14(13)19-4/h5-7,11,16-18H,8-10H2,1-4H3. The van der Waals surface area contributed by atoms with Crippen LogP contribution in [0.2, 0.25) is 0 Å². The second-order valence-electron chi connectivity index (χ2n) is 5.24. The van der Waals surface area contributed by atoms with E-state index in [0.717, 1.165) is 5.56 Å². The van der Waals surface area contributed by atoms with Gasteiger partial charge in [-0.1, -0.05) is 6.07 Å². The monoisotopic (exact) mass is 283 g/mol. The number of aliphatic hydroxyl groups is 2. The van der Waals surface area contributed by atoms with Gasteiger partial charge in [-0.05, 0) is 38.6 Å². The molecule has 0 aliphatic heterocycles. The molecule has 1 aromatic rings. The van der Waals surface area contributed by atoms with Crippen molar-refractivity contribution in [3.05, 3.63) is 23.8 Å². The topological polar surface area (TPSA) is 71.0 Å². The molecule has 0 spiro atoms. The molecule has 0 saturated heterocycles. The maximum atomic E-state index is 9.40. The molecule has 0 heterocycles. The summed E-state index contributed by atoms with van der Waals surface area (Å²) in [5, 5.41) is 21.6. The van der Waals surface area contributed by atoms with Crippen LogP contribution in [-0.2, 0) is 6.61 Å². The summed E-state index contributed by atoms with van der Waals surface area (Å²) in [5.74, 6) is 1.23. The molecule has 0 amide bonds. The molecule has 0 radical (unpaired) electrons. The average molecular weight is 283 g/mol. The molecule has 5 heteroatoms. The van der Waals surface area contributed by atoms with Gasteiger partial charge < -0.3 is 25.0 Å². The lowest BCUT2D eigenvalue weighted by atomic mass is 9.96. The van der Waals surface area contributed by atoms with E-state index in [1.165, 1.54) is 0 Å². The van der Waals surface area contributed by atoms with E-state index in [9.17, 15) is 5.11 Å². The number of aliphatic hydroxyl groups excluding tert-OH is 2. The van der Waals surface area contributed by atoms with Crippen molar-refractivity contribution in [3.8, 4) is 11.5 Å². The number of hydrogen-bond acceptors (Lipinski definition) is 5. The molecule has 1 rings (SSSR count). The molecular formula is C15H25NO4. The number of ether oxygens (including phenoxy) is 2. The zero-order valence-corrected chi connectivity index (χ0v) is 12.6. The van der Waals surface area contributed by atoms with E-state index in [-0.39, 0.29) is 24.9 Å². The maximum Gasteiger partial charge on any atom is 0.161 e. The molecule has 20 heavy (non-hydrogen) atoms. The van der Waals surface area contributed by atoms with Crippen LogP contribution in [-0.4, -0.2) is 42.6 Å². The van der Waals surface area contributed by atoms with Gasteiger partial charge in [0.25, 0.3) is 0 Å². The molecule has 1 aromatic carbocycles. The van der Waals surface area contributed by atoms with Crippen LogP contribution in [0.25, 0.3) is 0 Å². The Balaban J connectivity index is 2.77. The number of nitrogens with one attached hydrogen (secondary N) is 1. The third kappa shape index (κ3) is 4.37. The second-order valence-corrected chi connectivity index (χ2v) is 5.24. The molecule has 2 atom stereocenters. The highest BCUT2D eigenvalue weighted by Gasteiger charge is 2.25. The number of methoxy groups -OCH3 is 1. The lowest BCUT2D eigenvalue weighted by Crippen LogP contribution is -2.46. The summed E-state index contributed by atoms with van der Waals surface area (Å²) in [6.45, 7) is 3.90. The predicted molar refractivity (Wildman–Crippen MR) is 78.2 cm³/mol. The summed E-state index contributed by atoms with van der Waals surface area (Å²) in [6.07, 6.45) is 0.568. The van der Waals surface area contributed by atoms with Gasteiger partial charge in [-0.3, -0.25) is 0 Å². The molecule has 5 nitrogen and oxygen atoms in total. The highest BCUT2D eigenvalue weighted by molar-refractivity contribution is 5.42. The summed E-state index contributed by atoms with van der Waals surface area (Å²) in [4.78, 5) is 0. The van der Waals surface area contributed by atoms with Crippen molar-refractivity contribution in [1.29, 1.82) is 0 Å². The summed E-state index contributed by atoms with van der Waals surface area (Å²) in [7, 11) is 3.39. The van der Waals surface area contributed by atoms with Crippen LogP contribution in [0.1, 0.15) is 25.8 Å². The van der Waals surface area contributed by atoms with Gasteiger partial charge in [-0.2, -0.15) is 0 Å². The Hall–Kier alpha value is -1.30. The number of benzene rings is 1.